The maximum absolute atomic E-state index is 13.9. The molecule has 0 saturated carbocycles. The van der Waals surface area contributed by atoms with Crippen LogP contribution in [-0.2, 0) is 16.0 Å². The molecule has 6 heteroatoms. The number of carbonyl (C=O) groups excluding carboxylic acids is 1. The van der Waals surface area contributed by atoms with E-state index < -0.39 is 5.41 Å². The first-order valence-electron chi connectivity index (χ1n) is 12.5. The molecule has 3 aliphatic rings. The zero-order chi connectivity index (χ0) is 23.6. The zero-order valence-corrected chi connectivity index (χ0v) is 20.0. The smallest absolute Gasteiger partial charge is 0.229 e. The number of rotatable bonds is 5. The van der Waals surface area contributed by atoms with E-state index in [0.29, 0.717) is 26.1 Å². The normalized spacial score (nSPS) is 24.3. The summed E-state index contributed by atoms with van der Waals surface area (Å²) in [6, 6.07) is 16.6. The van der Waals surface area contributed by atoms with Crippen molar-refractivity contribution in [2.75, 3.05) is 39.8 Å². The summed E-state index contributed by atoms with van der Waals surface area (Å²) in [6.45, 7) is 3.79. The Balaban J connectivity index is 1.23. The second kappa shape index (κ2) is 9.67. The molecule has 3 heterocycles. The molecule has 1 amide bonds. The first-order valence-corrected chi connectivity index (χ1v) is 12.5. The highest BCUT2D eigenvalue weighted by atomic mass is 19.1. The third-order valence-corrected chi connectivity index (χ3v) is 8.01. The van der Waals surface area contributed by atoms with Gasteiger partial charge in [0.2, 0.25) is 5.91 Å². The van der Waals surface area contributed by atoms with Gasteiger partial charge in [0.25, 0.3) is 0 Å². The highest BCUT2D eigenvalue weighted by molar-refractivity contribution is 5.83. The zero-order valence-electron chi connectivity index (χ0n) is 20.0. The van der Waals surface area contributed by atoms with Crippen LogP contribution in [-0.4, -0.2) is 67.2 Å². The van der Waals surface area contributed by atoms with E-state index in [2.05, 4.69) is 11.9 Å². The molecule has 3 aliphatic heterocycles. The molecule has 1 atom stereocenters. The lowest BCUT2D eigenvalue weighted by atomic mass is 9.72. The van der Waals surface area contributed by atoms with E-state index in [1.165, 1.54) is 6.07 Å². The van der Waals surface area contributed by atoms with Crippen LogP contribution in [0.3, 0.4) is 0 Å². The van der Waals surface area contributed by atoms with Crippen molar-refractivity contribution in [3.8, 4) is 5.75 Å². The lowest BCUT2D eigenvalue weighted by Gasteiger charge is -2.45. The summed E-state index contributed by atoms with van der Waals surface area (Å²) in [5.41, 5.74) is 0.255. The Bertz CT molecular complexity index is 982. The van der Waals surface area contributed by atoms with Gasteiger partial charge >= 0.3 is 0 Å². The first-order chi connectivity index (χ1) is 16.5. The molecule has 34 heavy (non-hydrogen) atoms. The van der Waals surface area contributed by atoms with Gasteiger partial charge in [-0.3, -0.25) is 4.79 Å². The van der Waals surface area contributed by atoms with Crippen molar-refractivity contribution >= 4 is 5.91 Å². The van der Waals surface area contributed by atoms with E-state index in [1.54, 1.807) is 12.1 Å². The van der Waals surface area contributed by atoms with Gasteiger partial charge in [0.1, 0.15) is 17.7 Å². The van der Waals surface area contributed by atoms with Gasteiger partial charge in [-0.05, 0) is 82.1 Å². The molecule has 182 valence electrons. The summed E-state index contributed by atoms with van der Waals surface area (Å²) in [4.78, 5) is 18.3. The maximum atomic E-state index is 13.9. The summed E-state index contributed by atoms with van der Waals surface area (Å²) >= 11 is 0. The Morgan fingerprint density at radius 2 is 1.76 bits per heavy atom. The quantitative estimate of drug-likeness (QED) is 0.659. The molecule has 0 aliphatic carbocycles. The number of hydrogen-bond acceptors (Lipinski definition) is 4. The van der Waals surface area contributed by atoms with Crippen LogP contribution < -0.4 is 4.74 Å². The van der Waals surface area contributed by atoms with Crippen LogP contribution in [0.2, 0.25) is 0 Å². The Morgan fingerprint density at radius 3 is 2.47 bits per heavy atom. The van der Waals surface area contributed by atoms with Crippen LogP contribution >= 0.6 is 0 Å². The predicted octanol–water partition coefficient (Wildman–Crippen LogP) is 4.31. The Morgan fingerprint density at radius 1 is 1.03 bits per heavy atom. The SMILES string of the molecule is CN1CCC(Cc2cccc(F)c2)(C(=O)N2CCC3(CC2)C[C@@H](Oc2ccccc2)CO3)CC1. The molecule has 0 bridgehead atoms. The molecule has 3 saturated heterocycles. The molecule has 0 aromatic heterocycles. The lowest BCUT2D eigenvalue weighted by molar-refractivity contribution is -0.149. The maximum Gasteiger partial charge on any atom is 0.229 e. The number of hydrogen-bond donors (Lipinski definition) is 0. The number of amides is 1. The van der Waals surface area contributed by atoms with Crippen molar-refractivity contribution in [2.45, 2.75) is 50.2 Å². The predicted molar refractivity (Wildman–Crippen MR) is 129 cm³/mol. The van der Waals surface area contributed by atoms with Crippen molar-refractivity contribution in [1.82, 2.24) is 9.80 Å². The van der Waals surface area contributed by atoms with Crippen LogP contribution in [0.25, 0.3) is 0 Å². The van der Waals surface area contributed by atoms with Crippen molar-refractivity contribution in [1.29, 1.82) is 0 Å². The number of piperidine rings is 2. The number of ether oxygens (including phenoxy) is 2. The summed E-state index contributed by atoms with van der Waals surface area (Å²) < 4.78 is 26.3. The molecule has 2 aromatic carbocycles. The number of para-hydroxylation sites is 1. The fraction of sp³-hybridized carbons (Fsp3) is 0.536. The summed E-state index contributed by atoms with van der Waals surface area (Å²) in [5, 5.41) is 0. The highest BCUT2D eigenvalue weighted by Gasteiger charge is 2.48. The van der Waals surface area contributed by atoms with Gasteiger partial charge in [-0.25, -0.2) is 4.39 Å². The van der Waals surface area contributed by atoms with E-state index in [4.69, 9.17) is 9.47 Å². The molecule has 2 aromatic rings. The third kappa shape index (κ3) is 4.98. The van der Waals surface area contributed by atoms with Crippen molar-refractivity contribution in [3.05, 3.63) is 66.0 Å². The van der Waals surface area contributed by atoms with Gasteiger partial charge in [0.05, 0.1) is 17.6 Å². The van der Waals surface area contributed by atoms with E-state index in [0.717, 1.165) is 56.5 Å². The number of nitrogens with zero attached hydrogens (tertiary/aromatic N) is 2. The lowest BCUT2D eigenvalue weighted by Crippen LogP contribution is -2.54. The molecule has 1 spiro atoms. The summed E-state index contributed by atoms with van der Waals surface area (Å²) in [6.07, 6.45) is 4.81. The van der Waals surface area contributed by atoms with E-state index in [9.17, 15) is 9.18 Å². The Hall–Kier alpha value is -2.44. The van der Waals surface area contributed by atoms with Gasteiger partial charge in [-0.15, -0.1) is 0 Å². The largest absolute Gasteiger partial charge is 0.488 e. The van der Waals surface area contributed by atoms with E-state index in [1.807, 2.05) is 41.3 Å². The molecule has 3 fully saturated rings. The number of benzene rings is 2. The molecule has 0 unspecified atom stereocenters. The third-order valence-electron chi connectivity index (χ3n) is 8.01. The molecule has 5 nitrogen and oxygen atoms in total. The molecule has 0 radical (unpaired) electrons. The fourth-order valence-corrected chi connectivity index (χ4v) is 5.92. The Kier molecular flexibility index (Phi) is 6.63. The first kappa shape index (κ1) is 23.3. The topological polar surface area (TPSA) is 42.0 Å². The van der Waals surface area contributed by atoms with E-state index >= 15 is 0 Å². The van der Waals surface area contributed by atoms with Crippen molar-refractivity contribution in [2.24, 2.45) is 5.41 Å². The van der Waals surface area contributed by atoms with Crippen LogP contribution in [0.4, 0.5) is 4.39 Å². The van der Waals surface area contributed by atoms with Gasteiger partial charge in [0, 0.05) is 19.5 Å². The van der Waals surface area contributed by atoms with E-state index in [-0.39, 0.29) is 23.4 Å². The molecule has 5 rings (SSSR count). The van der Waals surface area contributed by atoms with Crippen LogP contribution in [0.15, 0.2) is 54.6 Å². The van der Waals surface area contributed by atoms with Gasteiger partial charge in [-0.1, -0.05) is 30.3 Å². The minimum Gasteiger partial charge on any atom is -0.488 e. The standard InChI is InChI=1S/C28H35FN2O3/c1-30-14-10-27(11-15-30,19-22-6-5-7-23(29)18-22)26(32)31-16-12-28(13-17-31)20-25(21-33-28)34-24-8-3-2-4-9-24/h2-9,18,25H,10-17,19-21H2,1H3/t25-/m1/s1. The van der Waals surface area contributed by atoms with Crippen LogP contribution in [0.5, 0.6) is 5.75 Å². The second-order valence-corrected chi connectivity index (χ2v) is 10.4. The molecular formula is C28H35FN2O3. The monoisotopic (exact) mass is 466 g/mol. The minimum atomic E-state index is -0.458. The molecule has 0 N–H and O–H groups in total. The summed E-state index contributed by atoms with van der Waals surface area (Å²) in [7, 11) is 2.10. The number of likely N-dealkylation sites (tertiary alicyclic amines) is 2. The minimum absolute atomic E-state index is 0.0536. The highest BCUT2D eigenvalue weighted by Crippen LogP contribution is 2.41. The fourth-order valence-electron chi connectivity index (χ4n) is 5.92. The van der Waals surface area contributed by atoms with Gasteiger partial charge < -0.3 is 19.3 Å². The van der Waals surface area contributed by atoms with Crippen molar-refractivity contribution in [3.63, 3.8) is 0 Å². The van der Waals surface area contributed by atoms with Crippen molar-refractivity contribution < 1.29 is 18.7 Å². The van der Waals surface area contributed by atoms with Crippen LogP contribution in [0.1, 0.15) is 37.7 Å². The van der Waals surface area contributed by atoms with Gasteiger partial charge in [-0.2, -0.15) is 0 Å². The number of carbonyl (C=O) groups is 1. The Labute approximate surface area is 201 Å². The second-order valence-electron chi connectivity index (χ2n) is 10.4. The number of halogens is 1. The van der Waals surface area contributed by atoms with Gasteiger partial charge in [0.15, 0.2) is 0 Å². The molecular weight excluding hydrogens is 431 g/mol. The summed E-state index contributed by atoms with van der Waals surface area (Å²) in [5.74, 6) is 0.871. The average molecular weight is 467 g/mol. The average Bonchev–Trinajstić information content (AvgIpc) is 3.23. The van der Waals surface area contributed by atoms with Crippen LogP contribution in [0, 0.1) is 11.2 Å².